The van der Waals surface area contributed by atoms with E-state index < -0.39 is 18.2 Å². The number of alkyl halides is 3. The van der Waals surface area contributed by atoms with Gasteiger partial charge in [-0.15, -0.1) is 11.3 Å². The maximum Gasteiger partial charge on any atom is 0.435 e. The molecule has 0 N–H and O–H groups in total. The number of hydrogen-bond acceptors (Lipinski definition) is 3. The van der Waals surface area contributed by atoms with Gasteiger partial charge < -0.3 is 4.84 Å². The summed E-state index contributed by atoms with van der Waals surface area (Å²) >= 11 is 16.7. The Kier molecular flexibility index (Phi) is 4.70. The molecule has 0 saturated carbocycles. The molecule has 0 amide bonds. The van der Waals surface area contributed by atoms with Gasteiger partial charge in [0.2, 0.25) is 0 Å². The van der Waals surface area contributed by atoms with Crippen molar-refractivity contribution in [2.45, 2.75) is 18.2 Å². The van der Waals surface area contributed by atoms with Crippen LogP contribution < -0.4 is 0 Å². The highest BCUT2D eigenvalue weighted by molar-refractivity contribution is 9.10. The first-order valence-corrected chi connectivity index (χ1v) is 10.1. The molecule has 4 rings (SSSR count). The Morgan fingerprint density at radius 2 is 1.81 bits per heavy atom. The zero-order valence-electron chi connectivity index (χ0n) is 13.3. The summed E-state index contributed by atoms with van der Waals surface area (Å²) in [4.78, 5) is 5.06. The van der Waals surface area contributed by atoms with Crippen LogP contribution in [0.15, 0.2) is 51.4 Å². The Balaban J connectivity index is 1.82. The summed E-state index contributed by atoms with van der Waals surface area (Å²) in [5.41, 5.74) is -1.97. The van der Waals surface area contributed by atoms with Gasteiger partial charge in [-0.2, -0.15) is 13.2 Å². The predicted octanol–water partition coefficient (Wildman–Crippen LogP) is 7.55. The quantitative estimate of drug-likeness (QED) is 0.360. The summed E-state index contributed by atoms with van der Waals surface area (Å²) in [7, 11) is 0. The monoisotopic (exact) mass is 493 g/mol. The first-order chi connectivity index (χ1) is 12.7. The lowest BCUT2D eigenvalue weighted by molar-refractivity contribution is -0.275. The smallest absolute Gasteiger partial charge is 0.374 e. The first kappa shape index (κ1) is 19.1. The van der Waals surface area contributed by atoms with Crippen molar-refractivity contribution in [1.82, 2.24) is 0 Å². The Hall–Kier alpha value is -1.28. The lowest BCUT2D eigenvalue weighted by Crippen LogP contribution is -2.42. The van der Waals surface area contributed by atoms with Gasteiger partial charge in [-0.05, 0) is 35.7 Å². The van der Waals surface area contributed by atoms with Crippen molar-refractivity contribution < 1.29 is 18.0 Å². The number of rotatable bonds is 2. The van der Waals surface area contributed by atoms with Crippen LogP contribution in [0.3, 0.4) is 0 Å². The van der Waals surface area contributed by atoms with Crippen LogP contribution in [0.1, 0.15) is 17.5 Å². The molecule has 2 aromatic carbocycles. The largest absolute Gasteiger partial charge is 0.435 e. The third kappa shape index (κ3) is 3.14. The predicted molar refractivity (Wildman–Crippen MR) is 106 cm³/mol. The van der Waals surface area contributed by atoms with Gasteiger partial charge in [0.25, 0.3) is 5.60 Å². The summed E-state index contributed by atoms with van der Waals surface area (Å²) in [6.07, 6.45) is -5.18. The van der Waals surface area contributed by atoms with E-state index in [2.05, 4.69) is 21.1 Å². The molecule has 2 heterocycles. The standard InChI is InChI=1S/C18H9BrCl2F3NOS/c19-14-2-1-13(16-12(14)3-4-27-16)15-8-17(26-25-15,18(22,23)24)9-5-10(20)7-11(21)6-9/h1-7H,8H2. The third-order valence-corrected chi connectivity index (χ3v) is 6.46. The number of benzene rings is 2. The average molecular weight is 495 g/mol. The van der Waals surface area contributed by atoms with Crippen molar-refractivity contribution in [3.63, 3.8) is 0 Å². The Morgan fingerprint density at radius 1 is 1.11 bits per heavy atom. The van der Waals surface area contributed by atoms with E-state index in [1.807, 2.05) is 11.4 Å². The molecule has 1 atom stereocenters. The minimum Gasteiger partial charge on any atom is -0.374 e. The fourth-order valence-corrected chi connectivity index (χ4v) is 5.17. The van der Waals surface area contributed by atoms with Crippen molar-refractivity contribution in [2.75, 3.05) is 0 Å². The molecule has 0 bridgehead atoms. The van der Waals surface area contributed by atoms with Crippen molar-refractivity contribution in [3.05, 3.63) is 67.4 Å². The summed E-state index contributed by atoms with van der Waals surface area (Å²) in [5, 5.41) is 6.81. The molecule has 1 aromatic heterocycles. The zero-order valence-corrected chi connectivity index (χ0v) is 17.2. The molecule has 0 radical (unpaired) electrons. The number of halogens is 6. The van der Waals surface area contributed by atoms with Crippen LogP contribution in [-0.4, -0.2) is 11.9 Å². The molecule has 1 aliphatic heterocycles. The van der Waals surface area contributed by atoms with Gasteiger partial charge in [-0.3, -0.25) is 0 Å². The van der Waals surface area contributed by atoms with E-state index in [1.165, 1.54) is 29.5 Å². The van der Waals surface area contributed by atoms with Crippen LogP contribution in [0.2, 0.25) is 10.0 Å². The second kappa shape index (κ2) is 6.65. The van der Waals surface area contributed by atoms with Crippen LogP contribution in [0.25, 0.3) is 10.1 Å². The number of oxime groups is 1. The lowest BCUT2D eigenvalue weighted by Gasteiger charge is -2.29. The molecular weight excluding hydrogens is 486 g/mol. The Morgan fingerprint density at radius 3 is 2.48 bits per heavy atom. The topological polar surface area (TPSA) is 21.6 Å². The molecule has 0 aliphatic carbocycles. The van der Waals surface area contributed by atoms with Gasteiger partial charge in [0.05, 0.1) is 12.1 Å². The maximum absolute atomic E-state index is 14.1. The van der Waals surface area contributed by atoms with E-state index in [1.54, 1.807) is 12.1 Å². The van der Waals surface area contributed by atoms with Gasteiger partial charge in [-0.1, -0.05) is 50.4 Å². The summed E-state index contributed by atoms with van der Waals surface area (Å²) in [6.45, 7) is 0. The van der Waals surface area contributed by atoms with Crippen molar-refractivity contribution in [2.24, 2.45) is 5.16 Å². The van der Waals surface area contributed by atoms with E-state index in [-0.39, 0.29) is 21.3 Å². The van der Waals surface area contributed by atoms with E-state index in [9.17, 15) is 13.2 Å². The normalized spacial score (nSPS) is 20.0. The van der Waals surface area contributed by atoms with Crippen molar-refractivity contribution in [1.29, 1.82) is 0 Å². The Labute approximate surface area is 174 Å². The molecule has 2 nitrogen and oxygen atoms in total. The van der Waals surface area contributed by atoms with Gasteiger partial charge in [0.15, 0.2) is 0 Å². The molecule has 140 valence electrons. The molecule has 0 saturated heterocycles. The molecule has 9 heteroatoms. The van der Waals surface area contributed by atoms with Crippen LogP contribution in [0, 0.1) is 0 Å². The number of fused-ring (bicyclic) bond motifs is 1. The van der Waals surface area contributed by atoms with Crippen LogP contribution >= 0.6 is 50.5 Å². The molecule has 0 spiro atoms. The van der Waals surface area contributed by atoms with Gasteiger partial charge in [-0.25, -0.2) is 0 Å². The zero-order chi connectivity index (χ0) is 19.4. The van der Waals surface area contributed by atoms with E-state index in [0.717, 1.165) is 14.6 Å². The minimum atomic E-state index is -4.71. The van der Waals surface area contributed by atoms with Crippen LogP contribution in [-0.2, 0) is 10.4 Å². The van der Waals surface area contributed by atoms with Gasteiger partial charge in [0.1, 0.15) is 0 Å². The SMILES string of the molecule is FC(F)(F)C1(c2cc(Cl)cc(Cl)c2)CC(c2ccc(Br)c3ccsc23)=NO1. The second-order valence-electron chi connectivity index (χ2n) is 6.05. The third-order valence-electron chi connectivity index (χ3n) is 4.39. The molecule has 1 unspecified atom stereocenters. The van der Waals surface area contributed by atoms with E-state index in [4.69, 9.17) is 28.0 Å². The highest BCUT2D eigenvalue weighted by Crippen LogP contribution is 2.50. The highest BCUT2D eigenvalue weighted by Gasteiger charge is 2.62. The number of hydrogen-bond donors (Lipinski definition) is 0. The maximum atomic E-state index is 14.1. The van der Waals surface area contributed by atoms with Crippen LogP contribution in [0.4, 0.5) is 13.2 Å². The molecule has 1 aliphatic rings. The fraction of sp³-hybridized carbons (Fsp3) is 0.167. The fourth-order valence-electron chi connectivity index (χ4n) is 3.09. The number of thiophene rings is 1. The minimum absolute atomic E-state index is 0.0995. The second-order valence-corrected chi connectivity index (χ2v) is 8.69. The Bertz CT molecular complexity index is 1060. The average Bonchev–Trinajstić information content (AvgIpc) is 3.22. The summed E-state index contributed by atoms with van der Waals surface area (Å²) in [6, 6.07) is 9.22. The summed E-state index contributed by atoms with van der Waals surface area (Å²) in [5.74, 6) is 0. The first-order valence-electron chi connectivity index (χ1n) is 7.66. The van der Waals surface area contributed by atoms with Crippen LogP contribution in [0.5, 0.6) is 0 Å². The van der Waals surface area contributed by atoms with Crippen molar-refractivity contribution >= 4 is 66.3 Å². The molecule has 0 fully saturated rings. The van der Waals surface area contributed by atoms with Gasteiger partial charge in [0, 0.05) is 35.7 Å². The summed E-state index contributed by atoms with van der Waals surface area (Å²) < 4.78 is 44.0. The highest BCUT2D eigenvalue weighted by atomic mass is 79.9. The van der Waals surface area contributed by atoms with Crippen molar-refractivity contribution in [3.8, 4) is 0 Å². The molecule has 27 heavy (non-hydrogen) atoms. The molecule has 3 aromatic rings. The lowest BCUT2D eigenvalue weighted by atomic mass is 9.86. The van der Waals surface area contributed by atoms with E-state index >= 15 is 0 Å². The van der Waals surface area contributed by atoms with E-state index in [0.29, 0.717) is 5.56 Å². The molecular formula is C18H9BrCl2F3NOS. The van der Waals surface area contributed by atoms with Gasteiger partial charge >= 0.3 is 6.18 Å². The number of nitrogens with zero attached hydrogens (tertiary/aromatic N) is 1.